The van der Waals surface area contributed by atoms with Crippen molar-refractivity contribution in [1.82, 2.24) is 15.5 Å². The van der Waals surface area contributed by atoms with Gasteiger partial charge in [-0.3, -0.25) is 4.79 Å². The summed E-state index contributed by atoms with van der Waals surface area (Å²) in [5, 5.41) is 13.7. The van der Waals surface area contributed by atoms with E-state index in [1.807, 2.05) is 18.2 Å². The summed E-state index contributed by atoms with van der Waals surface area (Å²) in [7, 11) is 0. The maximum Gasteiger partial charge on any atom is 0.272 e. The minimum Gasteiger partial charge on any atom is -0.352 e. The molecule has 2 heterocycles. The van der Waals surface area contributed by atoms with Crippen molar-refractivity contribution >= 4 is 22.5 Å². The molecule has 0 spiro atoms. The molecule has 2 aliphatic rings. The van der Waals surface area contributed by atoms with Crippen LogP contribution in [0.3, 0.4) is 0 Å². The number of amides is 1. The number of hydrogen-bond acceptors (Lipinski definition) is 4. The largest absolute Gasteiger partial charge is 0.352 e. The fourth-order valence-corrected chi connectivity index (χ4v) is 3.36. The summed E-state index contributed by atoms with van der Waals surface area (Å²) in [5.41, 5.74) is 0.445. The molecule has 4 rings (SSSR count). The van der Waals surface area contributed by atoms with Crippen molar-refractivity contribution in [1.29, 1.82) is 0 Å². The third kappa shape index (κ3) is 2.76. The van der Waals surface area contributed by atoms with E-state index in [1.54, 1.807) is 0 Å². The maximum absolute atomic E-state index is 12.4. The van der Waals surface area contributed by atoms with Crippen LogP contribution in [0.5, 0.6) is 0 Å². The second kappa shape index (κ2) is 5.80. The highest BCUT2D eigenvalue weighted by Crippen LogP contribution is 2.30. The molecule has 5 nitrogen and oxygen atoms in total. The molecule has 1 aromatic heterocycles. The zero-order valence-corrected chi connectivity index (χ0v) is 13.5. The fourth-order valence-electron chi connectivity index (χ4n) is 3.36. The van der Waals surface area contributed by atoms with Crippen molar-refractivity contribution in [3.05, 3.63) is 30.0 Å². The molecule has 5 heteroatoms. The first kappa shape index (κ1) is 14.4. The molecule has 1 aromatic carbocycles. The van der Waals surface area contributed by atoms with Gasteiger partial charge in [0.15, 0.2) is 11.5 Å². The summed E-state index contributed by atoms with van der Waals surface area (Å²) in [6.45, 7) is 3.25. The van der Waals surface area contributed by atoms with Gasteiger partial charge in [-0.2, -0.15) is 0 Å². The molecular weight excluding hydrogens is 288 g/mol. The van der Waals surface area contributed by atoms with E-state index in [0.717, 1.165) is 36.0 Å². The van der Waals surface area contributed by atoms with Crippen LogP contribution in [0.2, 0.25) is 0 Å². The molecule has 1 saturated heterocycles. The highest BCUT2D eigenvalue weighted by atomic mass is 16.2. The molecular formula is C18H22N4O. The third-order valence-electron chi connectivity index (χ3n) is 4.87. The van der Waals surface area contributed by atoms with Crippen LogP contribution >= 0.6 is 0 Å². The average molecular weight is 310 g/mol. The van der Waals surface area contributed by atoms with Crippen molar-refractivity contribution in [3.63, 3.8) is 0 Å². The number of piperidine rings is 1. The van der Waals surface area contributed by atoms with Gasteiger partial charge in [-0.05, 0) is 39.0 Å². The van der Waals surface area contributed by atoms with E-state index in [-0.39, 0.29) is 5.91 Å². The van der Waals surface area contributed by atoms with Crippen LogP contribution < -0.4 is 10.2 Å². The summed E-state index contributed by atoms with van der Waals surface area (Å²) in [4.78, 5) is 14.8. The van der Waals surface area contributed by atoms with E-state index in [2.05, 4.69) is 33.4 Å². The van der Waals surface area contributed by atoms with Gasteiger partial charge in [0.2, 0.25) is 0 Å². The van der Waals surface area contributed by atoms with Gasteiger partial charge in [0.05, 0.1) is 0 Å². The van der Waals surface area contributed by atoms with Gasteiger partial charge in [0, 0.05) is 29.4 Å². The minimum absolute atomic E-state index is 0.102. The second-order valence-corrected chi connectivity index (χ2v) is 6.70. The summed E-state index contributed by atoms with van der Waals surface area (Å²) in [5.74, 6) is 0.810. The molecule has 1 atom stereocenters. The molecule has 1 N–H and O–H groups in total. The van der Waals surface area contributed by atoms with E-state index in [1.165, 1.54) is 19.3 Å². The fraction of sp³-hybridized carbons (Fsp3) is 0.500. The van der Waals surface area contributed by atoms with Crippen LogP contribution in [-0.4, -0.2) is 34.7 Å². The topological polar surface area (TPSA) is 58.1 Å². The summed E-state index contributed by atoms with van der Waals surface area (Å²) in [6, 6.07) is 8.78. The van der Waals surface area contributed by atoms with E-state index < -0.39 is 0 Å². The van der Waals surface area contributed by atoms with Crippen molar-refractivity contribution in [2.24, 2.45) is 0 Å². The molecule has 1 unspecified atom stereocenters. The van der Waals surface area contributed by atoms with Gasteiger partial charge >= 0.3 is 0 Å². The number of benzene rings is 1. The number of fused-ring (bicyclic) bond motifs is 1. The lowest BCUT2D eigenvalue weighted by Crippen LogP contribution is -2.38. The average Bonchev–Trinajstić information content (AvgIpc) is 3.38. The quantitative estimate of drug-likeness (QED) is 0.947. The Kier molecular flexibility index (Phi) is 3.63. The second-order valence-electron chi connectivity index (χ2n) is 6.70. The Morgan fingerprint density at radius 3 is 2.65 bits per heavy atom. The van der Waals surface area contributed by atoms with Gasteiger partial charge in [-0.1, -0.05) is 24.3 Å². The number of carbonyl (C=O) groups excluding carboxylic acids is 1. The summed E-state index contributed by atoms with van der Waals surface area (Å²) < 4.78 is 0. The molecule has 2 aromatic rings. The maximum atomic E-state index is 12.4. The number of nitrogens with zero attached hydrogens (tertiary/aromatic N) is 3. The number of rotatable bonds is 3. The SMILES string of the molecule is CC1CCCCN1c1nnc(C(=O)NC2CC2)c2ccccc12. The van der Waals surface area contributed by atoms with E-state index in [0.29, 0.717) is 17.8 Å². The molecule has 23 heavy (non-hydrogen) atoms. The van der Waals surface area contributed by atoms with Crippen molar-refractivity contribution in [3.8, 4) is 0 Å². The number of aromatic nitrogens is 2. The zero-order chi connectivity index (χ0) is 15.8. The highest BCUT2D eigenvalue weighted by Gasteiger charge is 2.27. The van der Waals surface area contributed by atoms with Crippen molar-refractivity contribution in [2.75, 3.05) is 11.4 Å². The number of anilines is 1. The van der Waals surface area contributed by atoms with Crippen LogP contribution in [-0.2, 0) is 0 Å². The Balaban J connectivity index is 1.76. The lowest BCUT2D eigenvalue weighted by atomic mass is 10.0. The van der Waals surface area contributed by atoms with Crippen LogP contribution in [0.4, 0.5) is 5.82 Å². The van der Waals surface area contributed by atoms with Crippen LogP contribution in [0.1, 0.15) is 49.5 Å². The first-order chi connectivity index (χ1) is 11.2. The lowest BCUT2D eigenvalue weighted by Gasteiger charge is -2.34. The van der Waals surface area contributed by atoms with Gasteiger partial charge in [-0.15, -0.1) is 10.2 Å². The van der Waals surface area contributed by atoms with Gasteiger partial charge < -0.3 is 10.2 Å². The normalized spacial score (nSPS) is 21.4. The Bertz CT molecular complexity index is 741. The molecule has 1 aliphatic carbocycles. The van der Waals surface area contributed by atoms with Gasteiger partial charge in [0.25, 0.3) is 5.91 Å². The van der Waals surface area contributed by atoms with E-state index in [4.69, 9.17) is 0 Å². The zero-order valence-electron chi connectivity index (χ0n) is 13.5. The van der Waals surface area contributed by atoms with E-state index in [9.17, 15) is 4.79 Å². The Morgan fingerprint density at radius 1 is 1.13 bits per heavy atom. The highest BCUT2D eigenvalue weighted by molar-refractivity contribution is 6.07. The van der Waals surface area contributed by atoms with Crippen LogP contribution in [0.25, 0.3) is 10.8 Å². The molecule has 1 saturated carbocycles. The molecule has 1 amide bonds. The van der Waals surface area contributed by atoms with Crippen LogP contribution in [0.15, 0.2) is 24.3 Å². The van der Waals surface area contributed by atoms with Crippen molar-refractivity contribution in [2.45, 2.75) is 51.1 Å². The monoisotopic (exact) mass is 310 g/mol. The number of hydrogen-bond donors (Lipinski definition) is 1. The molecule has 1 aliphatic heterocycles. The Labute approximate surface area is 136 Å². The first-order valence-electron chi connectivity index (χ1n) is 8.57. The molecule has 0 radical (unpaired) electrons. The first-order valence-corrected chi connectivity index (χ1v) is 8.57. The van der Waals surface area contributed by atoms with Gasteiger partial charge in [-0.25, -0.2) is 0 Å². The summed E-state index contributed by atoms with van der Waals surface area (Å²) in [6.07, 6.45) is 5.77. The Morgan fingerprint density at radius 2 is 1.91 bits per heavy atom. The number of nitrogens with one attached hydrogen (secondary N) is 1. The molecule has 0 bridgehead atoms. The minimum atomic E-state index is -0.102. The Hall–Kier alpha value is -2.17. The van der Waals surface area contributed by atoms with E-state index >= 15 is 0 Å². The van der Waals surface area contributed by atoms with Crippen molar-refractivity contribution < 1.29 is 4.79 Å². The predicted octanol–water partition coefficient (Wildman–Crippen LogP) is 2.90. The predicted molar refractivity (Wildman–Crippen MR) is 90.7 cm³/mol. The summed E-state index contributed by atoms with van der Waals surface area (Å²) >= 11 is 0. The lowest BCUT2D eigenvalue weighted by molar-refractivity contribution is 0.0947. The van der Waals surface area contributed by atoms with Crippen LogP contribution in [0, 0.1) is 0 Å². The molecule has 2 fully saturated rings. The smallest absolute Gasteiger partial charge is 0.272 e. The standard InChI is InChI=1S/C18H22N4O/c1-12-6-4-5-11-22(12)17-15-8-3-2-7-14(15)16(20-21-17)18(23)19-13-9-10-13/h2-3,7-8,12-13H,4-6,9-11H2,1H3,(H,19,23). The molecule has 120 valence electrons. The third-order valence-corrected chi connectivity index (χ3v) is 4.87. The van der Waals surface area contributed by atoms with Gasteiger partial charge in [0.1, 0.15) is 0 Å². The number of carbonyl (C=O) groups is 1.